The van der Waals surface area contributed by atoms with E-state index in [0.29, 0.717) is 24.5 Å². The molecule has 31 heavy (non-hydrogen) atoms. The van der Waals surface area contributed by atoms with Crippen molar-refractivity contribution < 1.29 is 17.9 Å². The number of amidine groups is 1. The van der Waals surface area contributed by atoms with Crippen LogP contribution in [0.25, 0.3) is 0 Å². The first kappa shape index (κ1) is 22.9. The van der Waals surface area contributed by atoms with Crippen molar-refractivity contribution in [2.24, 2.45) is 4.99 Å². The van der Waals surface area contributed by atoms with Crippen molar-refractivity contribution in [1.82, 2.24) is 9.62 Å². The monoisotopic (exact) mass is 464 g/mol. The van der Waals surface area contributed by atoms with Crippen LogP contribution in [0.1, 0.15) is 12.0 Å². The number of anilines is 1. The van der Waals surface area contributed by atoms with Crippen LogP contribution in [0.15, 0.2) is 58.4 Å². The Hall–Kier alpha value is -2.78. The van der Waals surface area contributed by atoms with Crippen LogP contribution in [0.2, 0.25) is 0 Å². The van der Waals surface area contributed by atoms with E-state index < -0.39 is 10.0 Å². The lowest BCUT2D eigenvalue weighted by atomic mass is 10.2. The maximum Gasteiger partial charge on any atom is 0.263 e. The Bertz CT molecular complexity index is 1070. The molecule has 0 aromatic heterocycles. The maximum atomic E-state index is 12.6. The zero-order valence-electron chi connectivity index (χ0n) is 17.2. The third-order valence-corrected chi connectivity index (χ3v) is 6.73. The minimum absolute atomic E-state index is 0. The molecule has 0 saturated carbocycles. The van der Waals surface area contributed by atoms with Crippen LogP contribution in [-0.4, -0.2) is 64.9 Å². The van der Waals surface area contributed by atoms with E-state index in [1.54, 1.807) is 31.4 Å². The number of carbonyl (C=O) groups excluding carboxylic acids is 1. The van der Waals surface area contributed by atoms with Crippen molar-refractivity contribution in [3.05, 3.63) is 54.1 Å². The summed E-state index contributed by atoms with van der Waals surface area (Å²) < 4.78 is 31.9. The number of ether oxygens (including phenoxy) is 1. The van der Waals surface area contributed by atoms with Crippen molar-refractivity contribution in [3.8, 4) is 5.75 Å². The van der Waals surface area contributed by atoms with Crippen LogP contribution in [0.4, 0.5) is 5.69 Å². The standard InChI is InChI=1S/C21H24N4O4S.ClH/c1-29-17-8-6-16(7-9-17)24-12-14-25(15-13-24)20(26)10-11-22-21-18-4-2-3-5-19(18)30(27,28)23-21;/h2-9H,10-15H2,1H3,(H,22,23);1H. The summed E-state index contributed by atoms with van der Waals surface area (Å²) in [6.45, 7) is 3.07. The average Bonchev–Trinajstić information content (AvgIpc) is 3.04. The molecule has 2 aromatic rings. The van der Waals surface area contributed by atoms with Gasteiger partial charge in [0.05, 0.1) is 18.6 Å². The fraction of sp³-hybridized carbons (Fsp3) is 0.333. The van der Waals surface area contributed by atoms with Crippen LogP contribution in [0, 0.1) is 0 Å². The number of sulfonamides is 1. The van der Waals surface area contributed by atoms with Crippen LogP contribution < -0.4 is 14.4 Å². The molecule has 4 rings (SSSR count). The van der Waals surface area contributed by atoms with Gasteiger partial charge < -0.3 is 14.5 Å². The van der Waals surface area contributed by atoms with Gasteiger partial charge in [0, 0.05) is 43.9 Å². The van der Waals surface area contributed by atoms with E-state index in [0.717, 1.165) is 24.5 Å². The van der Waals surface area contributed by atoms with Crippen LogP contribution >= 0.6 is 12.4 Å². The number of hydrogen-bond donors (Lipinski definition) is 1. The third-order valence-electron chi connectivity index (χ3n) is 5.33. The molecule has 0 bridgehead atoms. The van der Waals surface area contributed by atoms with E-state index >= 15 is 0 Å². The summed E-state index contributed by atoms with van der Waals surface area (Å²) in [5, 5.41) is 0. The number of fused-ring (bicyclic) bond motifs is 1. The number of aliphatic imine (C=N–C) groups is 1. The van der Waals surface area contributed by atoms with E-state index in [9.17, 15) is 13.2 Å². The van der Waals surface area contributed by atoms with Crippen molar-refractivity contribution in [2.45, 2.75) is 11.3 Å². The molecule has 8 nitrogen and oxygen atoms in total. The first-order valence-electron chi connectivity index (χ1n) is 9.81. The van der Waals surface area contributed by atoms with Gasteiger partial charge in [0.25, 0.3) is 10.0 Å². The summed E-state index contributed by atoms with van der Waals surface area (Å²) in [7, 11) is -1.91. The smallest absolute Gasteiger partial charge is 0.263 e. The number of carbonyl (C=O) groups is 1. The van der Waals surface area contributed by atoms with Crippen molar-refractivity contribution in [3.63, 3.8) is 0 Å². The van der Waals surface area contributed by atoms with Gasteiger partial charge in [-0.05, 0) is 36.4 Å². The van der Waals surface area contributed by atoms with Gasteiger partial charge in [0.1, 0.15) is 11.6 Å². The minimum Gasteiger partial charge on any atom is -0.497 e. The quantitative estimate of drug-likeness (QED) is 0.729. The van der Waals surface area contributed by atoms with Gasteiger partial charge >= 0.3 is 0 Å². The number of nitrogens with zero attached hydrogens (tertiary/aromatic N) is 3. The zero-order chi connectivity index (χ0) is 21.1. The lowest BCUT2D eigenvalue weighted by Crippen LogP contribution is -2.48. The van der Waals surface area contributed by atoms with Crippen molar-refractivity contribution in [1.29, 1.82) is 0 Å². The number of benzene rings is 2. The largest absolute Gasteiger partial charge is 0.497 e. The molecule has 1 fully saturated rings. The van der Waals surface area contributed by atoms with Crippen molar-refractivity contribution >= 4 is 39.9 Å². The molecule has 2 aliphatic rings. The molecular formula is C21H25ClN4O4S. The van der Waals surface area contributed by atoms with Crippen LogP contribution in [0.5, 0.6) is 5.75 Å². The summed E-state index contributed by atoms with van der Waals surface area (Å²) in [6.07, 6.45) is 0.246. The van der Waals surface area contributed by atoms with Crippen molar-refractivity contribution in [2.75, 3.05) is 44.7 Å². The zero-order valence-corrected chi connectivity index (χ0v) is 18.8. The first-order valence-corrected chi connectivity index (χ1v) is 11.3. The normalized spacial score (nSPS) is 18.2. The minimum atomic E-state index is -3.55. The predicted molar refractivity (Wildman–Crippen MR) is 122 cm³/mol. The van der Waals surface area contributed by atoms with Gasteiger partial charge in [0.2, 0.25) is 5.91 Å². The highest BCUT2D eigenvalue weighted by Crippen LogP contribution is 2.23. The second kappa shape index (κ2) is 9.57. The summed E-state index contributed by atoms with van der Waals surface area (Å²) in [5.74, 6) is 1.16. The first-order chi connectivity index (χ1) is 14.5. The molecule has 0 unspecified atom stereocenters. The Balaban J connectivity index is 0.00000272. The number of halogens is 1. The number of amides is 1. The highest BCUT2D eigenvalue weighted by atomic mass is 35.5. The second-order valence-electron chi connectivity index (χ2n) is 7.15. The van der Waals surface area contributed by atoms with Gasteiger partial charge in [0.15, 0.2) is 0 Å². The second-order valence-corrected chi connectivity index (χ2v) is 8.80. The Labute approximate surface area is 188 Å². The van der Waals surface area contributed by atoms with Gasteiger partial charge in [-0.3, -0.25) is 14.5 Å². The molecule has 0 spiro atoms. The molecule has 0 radical (unpaired) electrons. The van der Waals surface area contributed by atoms with E-state index in [2.05, 4.69) is 14.6 Å². The predicted octanol–water partition coefficient (Wildman–Crippen LogP) is 1.89. The SMILES string of the molecule is COc1ccc(N2CCN(C(=O)CCN=C3NS(=O)(=O)c4ccccc43)CC2)cc1.Cl. The molecule has 1 amide bonds. The summed E-state index contributed by atoms with van der Waals surface area (Å²) in [5.41, 5.74) is 1.67. The topological polar surface area (TPSA) is 91.3 Å². The fourth-order valence-corrected chi connectivity index (χ4v) is 4.93. The highest BCUT2D eigenvalue weighted by molar-refractivity contribution is 7.90. The Morgan fingerprint density at radius 1 is 1.06 bits per heavy atom. The number of piperazine rings is 1. The fourth-order valence-electron chi connectivity index (χ4n) is 3.68. The summed E-state index contributed by atoms with van der Waals surface area (Å²) >= 11 is 0. The lowest BCUT2D eigenvalue weighted by Gasteiger charge is -2.36. The third kappa shape index (κ3) is 4.94. The molecule has 1 N–H and O–H groups in total. The molecular weight excluding hydrogens is 440 g/mol. The summed E-state index contributed by atoms with van der Waals surface area (Å²) in [6, 6.07) is 14.6. The number of methoxy groups -OCH3 is 1. The molecule has 2 aromatic carbocycles. The maximum absolute atomic E-state index is 12.6. The lowest BCUT2D eigenvalue weighted by molar-refractivity contribution is -0.131. The Morgan fingerprint density at radius 3 is 2.42 bits per heavy atom. The average molecular weight is 465 g/mol. The molecule has 0 aliphatic carbocycles. The molecule has 2 aliphatic heterocycles. The Morgan fingerprint density at radius 2 is 1.74 bits per heavy atom. The van der Waals surface area contributed by atoms with E-state index in [1.165, 1.54) is 0 Å². The molecule has 1 saturated heterocycles. The highest BCUT2D eigenvalue weighted by Gasteiger charge is 2.30. The molecule has 10 heteroatoms. The van der Waals surface area contributed by atoms with Gasteiger partial charge in [-0.2, -0.15) is 0 Å². The van der Waals surface area contributed by atoms with Gasteiger partial charge in [-0.1, -0.05) is 12.1 Å². The van der Waals surface area contributed by atoms with E-state index in [-0.39, 0.29) is 36.2 Å². The van der Waals surface area contributed by atoms with Crippen LogP contribution in [-0.2, 0) is 14.8 Å². The molecule has 166 valence electrons. The van der Waals surface area contributed by atoms with Gasteiger partial charge in [-0.25, -0.2) is 8.42 Å². The van der Waals surface area contributed by atoms with E-state index in [1.807, 2.05) is 29.2 Å². The number of nitrogens with one attached hydrogen (secondary N) is 1. The Kier molecular flexibility index (Phi) is 7.07. The van der Waals surface area contributed by atoms with Gasteiger partial charge in [-0.15, -0.1) is 12.4 Å². The van der Waals surface area contributed by atoms with E-state index in [4.69, 9.17) is 4.74 Å². The number of rotatable bonds is 5. The molecule has 0 atom stereocenters. The number of hydrogen-bond acceptors (Lipinski definition) is 6. The van der Waals surface area contributed by atoms with Crippen LogP contribution in [0.3, 0.4) is 0 Å². The molecule has 2 heterocycles. The summed E-state index contributed by atoms with van der Waals surface area (Å²) in [4.78, 5) is 21.2.